The van der Waals surface area contributed by atoms with Gasteiger partial charge in [0.2, 0.25) is 0 Å². The standard InChI is InChI=1S/C8H14.C2H6/c1-8-6-4-2-3-5-7-8;1-2/h4,6,8H,2-3,5,7H2,1H3;1-2H3. The van der Waals surface area contributed by atoms with E-state index in [4.69, 9.17) is 0 Å². The molecule has 0 heterocycles. The van der Waals surface area contributed by atoms with Gasteiger partial charge in [-0.15, -0.1) is 0 Å². The summed E-state index contributed by atoms with van der Waals surface area (Å²) in [6.45, 7) is 6.29. The van der Waals surface area contributed by atoms with Crippen molar-refractivity contribution in [1.82, 2.24) is 0 Å². The zero-order valence-corrected chi connectivity index (χ0v) is 7.56. The van der Waals surface area contributed by atoms with Crippen LogP contribution < -0.4 is 0 Å². The van der Waals surface area contributed by atoms with Crippen LogP contribution in [0.5, 0.6) is 0 Å². The molecule has 0 fully saturated rings. The Kier molecular flexibility index (Phi) is 6.68. The van der Waals surface area contributed by atoms with E-state index in [0.717, 1.165) is 5.92 Å². The van der Waals surface area contributed by atoms with Crippen LogP contribution in [-0.2, 0) is 0 Å². The smallest absolute Gasteiger partial charge is 0.0262 e. The van der Waals surface area contributed by atoms with Gasteiger partial charge in [-0.3, -0.25) is 0 Å². The third-order valence-electron chi connectivity index (χ3n) is 1.74. The molecule has 0 spiro atoms. The number of hydrogen-bond acceptors (Lipinski definition) is 0. The van der Waals surface area contributed by atoms with Gasteiger partial charge in [-0.05, 0) is 25.2 Å². The largest absolute Gasteiger partial charge is 0.0883 e. The first-order valence-corrected chi connectivity index (χ1v) is 4.56. The van der Waals surface area contributed by atoms with Crippen molar-refractivity contribution in [3.63, 3.8) is 0 Å². The van der Waals surface area contributed by atoms with Gasteiger partial charge in [0, 0.05) is 0 Å². The van der Waals surface area contributed by atoms with Crippen molar-refractivity contribution < 1.29 is 0 Å². The quantitative estimate of drug-likeness (QED) is 0.449. The van der Waals surface area contributed by atoms with Crippen LogP contribution in [0.4, 0.5) is 0 Å². The molecule has 0 bridgehead atoms. The predicted octanol–water partition coefficient (Wildman–Crippen LogP) is 3.78. The molecule has 0 nitrogen and oxygen atoms in total. The van der Waals surface area contributed by atoms with Gasteiger partial charge in [-0.1, -0.05) is 39.3 Å². The lowest BCUT2D eigenvalue weighted by Gasteiger charge is -1.98. The highest BCUT2D eigenvalue weighted by atomic mass is 14.0. The maximum absolute atomic E-state index is 2.34. The molecular formula is C10H20. The summed E-state index contributed by atoms with van der Waals surface area (Å²) < 4.78 is 0. The average Bonchev–Trinajstić information content (AvgIpc) is 2.21. The second kappa shape index (κ2) is 6.85. The molecule has 10 heavy (non-hydrogen) atoms. The summed E-state index contributed by atoms with van der Waals surface area (Å²) in [5, 5.41) is 0. The molecule has 0 saturated heterocycles. The van der Waals surface area contributed by atoms with Crippen LogP contribution >= 0.6 is 0 Å². The first kappa shape index (κ1) is 9.74. The minimum absolute atomic E-state index is 0.845. The maximum atomic E-state index is 2.34. The van der Waals surface area contributed by atoms with Crippen LogP contribution in [0.3, 0.4) is 0 Å². The Morgan fingerprint density at radius 1 is 1.20 bits per heavy atom. The zero-order valence-electron chi connectivity index (χ0n) is 7.56. The molecular weight excluding hydrogens is 120 g/mol. The molecule has 1 atom stereocenters. The second-order valence-corrected chi connectivity index (χ2v) is 2.69. The van der Waals surface area contributed by atoms with E-state index in [2.05, 4.69) is 19.1 Å². The summed E-state index contributed by atoms with van der Waals surface area (Å²) >= 11 is 0. The second-order valence-electron chi connectivity index (χ2n) is 2.69. The number of rotatable bonds is 0. The van der Waals surface area contributed by atoms with Gasteiger partial charge in [0.1, 0.15) is 0 Å². The van der Waals surface area contributed by atoms with E-state index in [1.165, 1.54) is 25.7 Å². The fraction of sp³-hybridized carbons (Fsp3) is 0.800. The van der Waals surface area contributed by atoms with Crippen LogP contribution in [0.25, 0.3) is 0 Å². The zero-order chi connectivity index (χ0) is 7.82. The highest BCUT2D eigenvalue weighted by molar-refractivity contribution is 4.88. The van der Waals surface area contributed by atoms with Gasteiger partial charge in [0.25, 0.3) is 0 Å². The van der Waals surface area contributed by atoms with E-state index in [9.17, 15) is 0 Å². The van der Waals surface area contributed by atoms with E-state index in [-0.39, 0.29) is 0 Å². The topological polar surface area (TPSA) is 0 Å². The minimum atomic E-state index is 0.845. The molecule has 0 N–H and O–H groups in total. The molecule has 1 aliphatic carbocycles. The van der Waals surface area contributed by atoms with E-state index in [1.54, 1.807) is 0 Å². The average molecular weight is 140 g/mol. The molecule has 0 heteroatoms. The van der Waals surface area contributed by atoms with Crippen molar-refractivity contribution in [3.05, 3.63) is 12.2 Å². The molecule has 0 aromatic heterocycles. The minimum Gasteiger partial charge on any atom is -0.0883 e. The van der Waals surface area contributed by atoms with Gasteiger partial charge in [0.15, 0.2) is 0 Å². The van der Waals surface area contributed by atoms with E-state index >= 15 is 0 Å². The summed E-state index contributed by atoms with van der Waals surface area (Å²) in [6.07, 6.45) is 10.2. The van der Waals surface area contributed by atoms with Crippen LogP contribution in [0.2, 0.25) is 0 Å². The molecule has 1 rings (SSSR count). The summed E-state index contributed by atoms with van der Waals surface area (Å²) in [5.41, 5.74) is 0. The summed E-state index contributed by atoms with van der Waals surface area (Å²) in [6, 6.07) is 0. The normalized spacial score (nSPS) is 24.5. The molecule has 1 aliphatic rings. The van der Waals surface area contributed by atoms with Gasteiger partial charge in [0.05, 0.1) is 0 Å². The van der Waals surface area contributed by atoms with Crippen molar-refractivity contribution in [2.24, 2.45) is 5.92 Å². The third-order valence-corrected chi connectivity index (χ3v) is 1.74. The van der Waals surface area contributed by atoms with E-state index < -0.39 is 0 Å². The van der Waals surface area contributed by atoms with Crippen molar-refractivity contribution in [2.75, 3.05) is 0 Å². The summed E-state index contributed by atoms with van der Waals surface area (Å²) in [7, 11) is 0. The van der Waals surface area contributed by atoms with Gasteiger partial charge >= 0.3 is 0 Å². The molecule has 0 radical (unpaired) electrons. The fourth-order valence-electron chi connectivity index (χ4n) is 1.15. The Labute approximate surface area is 65.3 Å². The first-order valence-electron chi connectivity index (χ1n) is 4.56. The highest BCUT2D eigenvalue weighted by Crippen LogP contribution is 2.15. The Hall–Kier alpha value is -0.260. The molecule has 0 amide bonds. The monoisotopic (exact) mass is 140 g/mol. The van der Waals surface area contributed by atoms with Crippen LogP contribution in [0.15, 0.2) is 12.2 Å². The van der Waals surface area contributed by atoms with Crippen LogP contribution in [0.1, 0.15) is 46.5 Å². The summed E-state index contributed by atoms with van der Waals surface area (Å²) in [4.78, 5) is 0. The Morgan fingerprint density at radius 3 is 2.60 bits per heavy atom. The van der Waals surface area contributed by atoms with Crippen molar-refractivity contribution in [1.29, 1.82) is 0 Å². The Morgan fingerprint density at radius 2 is 1.90 bits per heavy atom. The lowest BCUT2D eigenvalue weighted by molar-refractivity contribution is 0.605. The maximum Gasteiger partial charge on any atom is -0.0262 e. The number of allylic oxidation sites excluding steroid dienone is 2. The molecule has 0 aromatic carbocycles. The lowest BCUT2D eigenvalue weighted by Crippen LogP contribution is -1.84. The van der Waals surface area contributed by atoms with Crippen molar-refractivity contribution in [2.45, 2.75) is 46.5 Å². The molecule has 0 aromatic rings. The summed E-state index contributed by atoms with van der Waals surface area (Å²) in [5.74, 6) is 0.845. The van der Waals surface area contributed by atoms with Crippen molar-refractivity contribution in [3.8, 4) is 0 Å². The van der Waals surface area contributed by atoms with Crippen molar-refractivity contribution >= 4 is 0 Å². The molecule has 60 valence electrons. The third kappa shape index (κ3) is 4.60. The van der Waals surface area contributed by atoms with Crippen LogP contribution in [-0.4, -0.2) is 0 Å². The lowest BCUT2D eigenvalue weighted by atomic mass is 10.1. The van der Waals surface area contributed by atoms with Gasteiger partial charge < -0.3 is 0 Å². The predicted molar refractivity (Wildman–Crippen MR) is 48.1 cm³/mol. The number of hydrogen-bond donors (Lipinski definition) is 0. The van der Waals surface area contributed by atoms with Gasteiger partial charge in [-0.2, -0.15) is 0 Å². The van der Waals surface area contributed by atoms with E-state index in [0.29, 0.717) is 0 Å². The molecule has 0 saturated carbocycles. The Bertz CT molecular complexity index is 82.0. The Balaban J connectivity index is 0.000000371. The SMILES string of the molecule is CC.CC1C=CCCCC1. The molecule has 1 unspecified atom stereocenters. The fourth-order valence-corrected chi connectivity index (χ4v) is 1.15. The first-order chi connectivity index (χ1) is 4.89. The van der Waals surface area contributed by atoms with Gasteiger partial charge in [-0.25, -0.2) is 0 Å². The van der Waals surface area contributed by atoms with Crippen LogP contribution in [0, 0.1) is 5.92 Å². The highest BCUT2D eigenvalue weighted by Gasteiger charge is 1.98. The molecule has 0 aliphatic heterocycles. The van der Waals surface area contributed by atoms with E-state index in [1.807, 2.05) is 13.8 Å².